The number of aryl methyl sites for hydroxylation is 1. The summed E-state index contributed by atoms with van der Waals surface area (Å²) in [6, 6.07) is 3.48. The van der Waals surface area contributed by atoms with E-state index in [0.717, 1.165) is 12.1 Å². The van der Waals surface area contributed by atoms with Crippen LogP contribution < -0.4 is 0 Å². The number of aliphatic carboxylic acids is 1. The molecule has 1 fully saturated rings. The van der Waals surface area contributed by atoms with Crippen LogP contribution in [0.1, 0.15) is 33.3 Å². The maximum absolute atomic E-state index is 13.5. The van der Waals surface area contributed by atoms with E-state index in [4.69, 9.17) is 14.3 Å². The summed E-state index contributed by atoms with van der Waals surface area (Å²) in [5, 5.41) is 8.96. The summed E-state index contributed by atoms with van der Waals surface area (Å²) >= 11 is 0. The second-order valence-electron chi connectivity index (χ2n) is 6.07. The van der Waals surface area contributed by atoms with Crippen LogP contribution in [0.3, 0.4) is 0 Å². The highest BCUT2D eigenvalue weighted by molar-refractivity contribution is 5.97. The number of hydrogen-bond acceptors (Lipinski definition) is 4. The minimum atomic E-state index is -1.10. The molecule has 0 spiro atoms. The molecule has 1 unspecified atom stereocenters. The Morgan fingerprint density at radius 1 is 1.31 bits per heavy atom. The summed E-state index contributed by atoms with van der Waals surface area (Å²) in [5.74, 6) is -3.32. The van der Waals surface area contributed by atoms with Crippen molar-refractivity contribution in [3.8, 4) is 0 Å². The van der Waals surface area contributed by atoms with Gasteiger partial charge in [-0.1, -0.05) is 6.07 Å². The number of morpholine rings is 1. The zero-order valence-corrected chi connectivity index (χ0v) is 14.0. The minimum absolute atomic E-state index is 0.0934. The molecule has 0 bridgehead atoms. The molecule has 1 N–H and O–H groups in total. The fourth-order valence-corrected chi connectivity index (χ4v) is 2.96. The molecule has 1 aliphatic heterocycles. The number of carbonyl (C=O) groups excluding carboxylic acids is 1. The van der Waals surface area contributed by atoms with Gasteiger partial charge in [-0.2, -0.15) is 0 Å². The molecule has 1 aliphatic rings. The average Bonchev–Trinajstić information content (AvgIpc) is 2.96. The number of nitrogens with zero attached hydrogens (tertiary/aromatic N) is 1. The Labute approximate surface area is 148 Å². The van der Waals surface area contributed by atoms with Gasteiger partial charge >= 0.3 is 5.97 Å². The van der Waals surface area contributed by atoms with Crippen molar-refractivity contribution < 1.29 is 32.6 Å². The van der Waals surface area contributed by atoms with Crippen molar-refractivity contribution in [3.05, 3.63) is 58.5 Å². The number of carboxylic acid groups (broad SMARTS) is 1. The predicted molar refractivity (Wildman–Crippen MR) is 85.7 cm³/mol. The number of carboxylic acids is 1. The topological polar surface area (TPSA) is 80.0 Å². The van der Waals surface area contributed by atoms with Crippen LogP contribution in [0, 0.1) is 18.6 Å². The SMILES string of the molecule is Cc1coc(CC(=O)O)c1C(=O)N1CCOC(c2ccc(F)c(F)c2)C1. The van der Waals surface area contributed by atoms with Crippen LogP contribution in [0.5, 0.6) is 0 Å². The quantitative estimate of drug-likeness (QED) is 0.901. The van der Waals surface area contributed by atoms with Crippen molar-refractivity contribution in [1.82, 2.24) is 4.90 Å². The van der Waals surface area contributed by atoms with E-state index in [1.807, 2.05) is 0 Å². The van der Waals surface area contributed by atoms with Gasteiger partial charge in [-0.25, -0.2) is 8.78 Å². The molecule has 0 saturated carbocycles. The van der Waals surface area contributed by atoms with Gasteiger partial charge in [-0.15, -0.1) is 0 Å². The lowest BCUT2D eigenvalue weighted by atomic mass is 10.0. The fraction of sp³-hybridized carbons (Fsp3) is 0.333. The molecule has 1 atom stereocenters. The third-order valence-corrected chi connectivity index (χ3v) is 4.25. The second kappa shape index (κ2) is 7.25. The van der Waals surface area contributed by atoms with Crippen LogP contribution in [0.2, 0.25) is 0 Å². The highest BCUT2D eigenvalue weighted by Crippen LogP contribution is 2.26. The molecule has 3 rings (SSSR count). The Balaban J connectivity index is 1.81. The van der Waals surface area contributed by atoms with Gasteiger partial charge in [0.25, 0.3) is 5.91 Å². The first kappa shape index (κ1) is 18.1. The standard InChI is InChI=1S/C18H17F2NO5/c1-10-9-26-14(7-16(22)23)17(10)18(24)21-4-5-25-15(8-21)11-2-3-12(19)13(20)6-11/h2-3,6,9,15H,4-5,7-8H2,1H3,(H,22,23). The molecule has 2 aromatic rings. The van der Waals surface area contributed by atoms with E-state index in [1.54, 1.807) is 6.92 Å². The monoisotopic (exact) mass is 365 g/mol. The molecule has 8 heteroatoms. The van der Waals surface area contributed by atoms with E-state index in [9.17, 15) is 18.4 Å². The van der Waals surface area contributed by atoms with E-state index in [1.165, 1.54) is 17.2 Å². The van der Waals surface area contributed by atoms with Crippen LogP contribution in [-0.2, 0) is 16.0 Å². The number of carbonyl (C=O) groups is 2. The molecular weight excluding hydrogens is 348 g/mol. The Bertz CT molecular complexity index is 848. The van der Waals surface area contributed by atoms with Crippen molar-refractivity contribution in [2.45, 2.75) is 19.4 Å². The van der Waals surface area contributed by atoms with Gasteiger partial charge in [-0.05, 0) is 24.6 Å². The van der Waals surface area contributed by atoms with E-state index in [2.05, 4.69) is 0 Å². The molecule has 0 radical (unpaired) electrons. The summed E-state index contributed by atoms with van der Waals surface area (Å²) in [6.45, 7) is 2.33. The second-order valence-corrected chi connectivity index (χ2v) is 6.07. The Morgan fingerprint density at radius 3 is 2.77 bits per heavy atom. The summed E-state index contributed by atoms with van der Waals surface area (Å²) < 4.78 is 37.4. The maximum atomic E-state index is 13.5. The molecule has 1 aromatic carbocycles. The fourth-order valence-electron chi connectivity index (χ4n) is 2.96. The van der Waals surface area contributed by atoms with E-state index in [0.29, 0.717) is 17.7 Å². The number of ether oxygens (including phenoxy) is 1. The first-order valence-corrected chi connectivity index (χ1v) is 8.01. The third-order valence-electron chi connectivity index (χ3n) is 4.25. The first-order valence-electron chi connectivity index (χ1n) is 8.01. The maximum Gasteiger partial charge on any atom is 0.311 e. The van der Waals surface area contributed by atoms with Gasteiger partial charge in [0.2, 0.25) is 0 Å². The van der Waals surface area contributed by atoms with Gasteiger partial charge in [0, 0.05) is 12.1 Å². The van der Waals surface area contributed by atoms with Crippen molar-refractivity contribution in [3.63, 3.8) is 0 Å². The first-order chi connectivity index (χ1) is 12.4. The molecule has 0 aliphatic carbocycles. The molecule has 138 valence electrons. The number of benzene rings is 1. The summed E-state index contributed by atoms with van der Waals surface area (Å²) in [7, 11) is 0. The molecule has 1 amide bonds. The zero-order valence-electron chi connectivity index (χ0n) is 14.0. The number of amides is 1. The largest absolute Gasteiger partial charge is 0.481 e. The average molecular weight is 365 g/mol. The molecule has 26 heavy (non-hydrogen) atoms. The molecule has 6 nitrogen and oxygen atoms in total. The molecule has 1 aromatic heterocycles. The zero-order chi connectivity index (χ0) is 18.8. The summed E-state index contributed by atoms with van der Waals surface area (Å²) in [4.78, 5) is 25.3. The lowest BCUT2D eigenvalue weighted by Gasteiger charge is -2.33. The minimum Gasteiger partial charge on any atom is -0.481 e. The van der Waals surface area contributed by atoms with Crippen molar-refractivity contribution in [2.24, 2.45) is 0 Å². The lowest BCUT2D eigenvalue weighted by Crippen LogP contribution is -2.42. The van der Waals surface area contributed by atoms with Crippen molar-refractivity contribution in [1.29, 1.82) is 0 Å². The molecule has 1 saturated heterocycles. The summed E-state index contributed by atoms with van der Waals surface area (Å²) in [6.07, 6.45) is 0.350. The Morgan fingerprint density at radius 2 is 2.08 bits per heavy atom. The normalized spacial score (nSPS) is 17.3. The number of halogens is 2. The van der Waals surface area contributed by atoms with Gasteiger partial charge in [-0.3, -0.25) is 9.59 Å². The van der Waals surface area contributed by atoms with E-state index < -0.39 is 30.1 Å². The van der Waals surface area contributed by atoms with Gasteiger partial charge in [0.1, 0.15) is 18.3 Å². The third kappa shape index (κ3) is 3.60. The van der Waals surface area contributed by atoms with Crippen LogP contribution in [0.25, 0.3) is 0 Å². The Kier molecular flexibility index (Phi) is 5.03. The number of furan rings is 1. The molecule has 2 heterocycles. The molecular formula is C18H17F2NO5. The van der Waals surface area contributed by atoms with Crippen LogP contribution in [0.15, 0.2) is 28.9 Å². The summed E-state index contributed by atoms with van der Waals surface area (Å²) in [5.41, 5.74) is 1.19. The van der Waals surface area contributed by atoms with Gasteiger partial charge in [0.15, 0.2) is 11.6 Å². The predicted octanol–water partition coefficient (Wildman–Crippen LogP) is 2.71. The highest BCUT2D eigenvalue weighted by atomic mass is 19.2. The number of rotatable bonds is 4. The van der Waals surface area contributed by atoms with Crippen molar-refractivity contribution >= 4 is 11.9 Å². The lowest BCUT2D eigenvalue weighted by molar-refractivity contribution is -0.136. The van der Waals surface area contributed by atoms with Gasteiger partial charge < -0.3 is 19.2 Å². The van der Waals surface area contributed by atoms with Crippen LogP contribution in [-0.4, -0.2) is 41.6 Å². The highest BCUT2D eigenvalue weighted by Gasteiger charge is 2.30. The van der Waals surface area contributed by atoms with Crippen LogP contribution >= 0.6 is 0 Å². The van der Waals surface area contributed by atoms with E-state index in [-0.39, 0.29) is 30.4 Å². The smallest absolute Gasteiger partial charge is 0.311 e. The van der Waals surface area contributed by atoms with Crippen molar-refractivity contribution in [2.75, 3.05) is 19.7 Å². The number of hydrogen-bond donors (Lipinski definition) is 1. The van der Waals surface area contributed by atoms with E-state index >= 15 is 0 Å². The van der Waals surface area contributed by atoms with Crippen LogP contribution in [0.4, 0.5) is 8.78 Å². The van der Waals surface area contributed by atoms with Gasteiger partial charge in [0.05, 0.1) is 25.0 Å². The Hall–Kier alpha value is -2.74.